The molecule has 1 fully saturated rings. The van der Waals surface area contributed by atoms with Crippen molar-refractivity contribution in [3.05, 3.63) is 78.5 Å². The summed E-state index contributed by atoms with van der Waals surface area (Å²) in [6, 6.07) is 23.8. The highest BCUT2D eigenvalue weighted by Gasteiger charge is 2.15. The molecule has 0 atom stereocenters. The lowest BCUT2D eigenvalue weighted by Gasteiger charge is -2.22. The van der Waals surface area contributed by atoms with E-state index in [-0.39, 0.29) is 0 Å². The second kappa shape index (κ2) is 7.00. The van der Waals surface area contributed by atoms with Crippen LogP contribution in [-0.2, 0) is 0 Å². The fraction of sp³-hybridized carbons (Fsp3) is 0.261. The van der Waals surface area contributed by atoms with Crippen LogP contribution in [0.2, 0.25) is 0 Å². The van der Waals surface area contributed by atoms with E-state index in [2.05, 4.69) is 65.6 Å². The van der Waals surface area contributed by atoms with Crippen molar-refractivity contribution in [2.24, 2.45) is 0 Å². The minimum atomic E-state index is 0.745. The Balaban J connectivity index is 1.66. The fourth-order valence-corrected chi connectivity index (χ4v) is 3.78. The van der Waals surface area contributed by atoms with Crippen molar-refractivity contribution in [1.82, 2.24) is 4.98 Å². The molecule has 1 aliphatic rings. The number of benzene rings is 2. The summed E-state index contributed by atoms with van der Waals surface area (Å²) in [5.41, 5.74) is 6.27. The minimum absolute atomic E-state index is 0.745. The van der Waals surface area contributed by atoms with Gasteiger partial charge in [-0.25, -0.2) is 0 Å². The van der Waals surface area contributed by atoms with E-state index < -0.39 is 0 Å². The highest BCUT2D eigenvalue weighted by molar-refractivity contribution is 5.70. The van der Waals surface area contributed by atoms with E-state index in [4.69, 9.17) is 0 Å². The first kappa shape index (κ1) is 15.1. The molecule has 1 aromatic heterocycles. The van der Waals surface area contributed by atoms with Crippen LogP contribution in [0.1, 0.15) is 43.6 Å². The van der Waals surface area contributed by atoms with Gasteiger partial charge in [-0.2, -0.15) is 0 Å². The molecule has 4 rings (SSSR count). The summed E-state index contributed by atoms with van der Waals surface area (Å²) in [5, 5.41) is 0. The Labute approximate surface area is 144 Å². The van der Waals surface area contributed by atoms with Gasteiger partial charge in [-0.1, -0.05) is 73.9 Å². The molecule has 0 radical (unpaired) electrons. The molecular formula is C23H23N. The van der Waals surface area contributed by atoms with Crippen LogP contribution < -0.4 is 0 Å². The summed E-state index contributed by atoms with van der Waals surface area (Å²) >= 11 is 0. The van der Waals surface area contributed by atoms with Crippen LogP contribution in [0.4, 0.5) is 0 Å². The topological polar surface area (TPSA) is 12.9 Å². The quantitative estimate of drug-likeness (QED) is 0.540. The van der Waals surface area contributed by atoms with Crippen molar-refractivity contribution in [1.29, 1.82) is 0 Å². The number of pyridine rings is 1. The van der Waals surface area contributed by atoms with Crippen LogP contribution >= 0.6 is 0 Å². The van der Waals surface area contributed by atoms with E-state index in [1.165, 1.54) is 54.4 Å². The van der Waals surface area contributed by atoms with Crippen molar-refractivity contribution in [3.8, 4) is 22.4 Å². The molecule has 2 aromatic carbocycles. The van der Waals surface area contributed by atoms with Crippen molar-refractivity contribution in [2.75, 3.05) is 0 Å². The van der Waals surface area contributed by atoms with Gasteiger partial charge in [0.15, 0.2) is 0 Å². The number of hydrogen-bond donors (Lipinski definition) is 0. The molecule has 0 amide bonds. The molecule has 0 spiro atoms. The smallest absolute Gasteiger partial charge is 0.0708 e. The molecule has 0 N–H and O–H groups in total. The summed E-state index contributed by atoms with van der Waals surface area (Å²) in [6.07, 6.45) is 8.76. The SMILES string of the molecule is c1ccc(-c2cc(-c3cccc(C4CCCCC4)c3)ccn2)cc1. The lowest BCUT2D eigenvalue weighted by molar-refractivity contribution is 0.444. The van der Waals surface area contributed by atoms with Gasteiger partial charge >= 0.3 is 0 Å². The molecule has 0 aliphatic heterocycles. The van der Waals surface area contributed by atoms with Gasteiger partial charge in [0.05, 0.1) is 5.69 Å². The third kappa shape index (κ3) is 3.26. The molecule has 24 heavy (non-hydrogen) atoms. The van der Waals surface area contributed by atoms with E-state index in [0.717, 1.165) is 11.6 Å². The predicted molar refractivity (Wildman–Crippen MR) is 101 cm³/mol. The Hall–Kier alpha value is -2.41. The standard InChI is InChI=1S/C23H23N/c1-3-8-18(9-4-1)20-12-7-13-21(16-20)22-14-15-24-23(17-22)19-10-5-2-6-11-19/h2,5-7,10-18H,1,3-4,8-9H2. The van der Waals surface area contributed by atoms with E-state index in [9.17, 15) is 0 Å². The number of aromatic nitrogens is 1. The average Bonchev–Trinajstić information content (AvgIpc) is 2.70. The van der Waals surface area contributed by atoms with Gasteiger partial charge in [0, 0.05) is 11.8 Å². The second-order valence-corrected chi connectivity index (χ2v) is 6.76. The zero-order valence-corrected chi connectivity index (χ0v) is 14.0. The number of hydrogen-bond acceptors (Lipinski definition) is 1. The molecule has 1 heterocycles. The Bertz CT molecular complexity index is 801. The third-order valence-corrected chi connectivity index (χ3v) is 5.13. The minimum Gasteiger partial charge on any atom is -0.256 e. The number of nitrogens with zero attached hydrogens (tertiary/aromatic N) is 1. The Morgan fingerprint density at radius 1 is 0.667 bits per heavy atom. The maximum atomic E-state index is 4.55. The zero-order valence-electron chi connectivity index (χ0n) is 14.0. The van der Waals surface area contributed by atoms with Gasteiger partial charge < -0.3 is 0 Å². The second-order valence-electron chi connectivity index (χ2n) is 6.76. The van der Waals surface area contributed by atoms with Crippen LogP contribution in [0.5, 0.6) is 0 Å². The first-order valence-electron chi connectivity index (χ1n) is 9.02. The molecular weight excluding hydrogens is 290 g/mol. The predicted octanol–water partition coefficient (Wildman–Crippen LogP) is 6.46. The van der Waals surface area contributed by atoms with Crippen LogP contribution in [-0.4, -0.2) is 4.98 Å². The van der Waals surface area contributed by atoms with E-state index in [1.807, 2.05) is 12.3 Å². The van der Waals surface area contributed by atoms with Crippen molar-refractivity contribution >= 4 is 0 Å². The Morgan fingerprint density at radius 2 is 1.42 bits per heavy atom. The van der Waals surface area contributed by atoms with Gasteiger partial charge in [0.1, 0.15) is 0 Å². The maximum Gasteiger partial charge on any atom is 0.0708 e. The lowest BCUT2D eigenvalue weighted by atomic mass is 9.83. The lowest BCUT2D eigenvalue weighted by Crippen LogP contribution is -2.04. The van der Waals surface area contributed by atoms with Crippen LogP contribution in [0.3, 0.4) is 0 Å². The summed E-state index contributed by atoms with van der Waals surface area (Å²) in [5.74, 6) is 0.745. The highest BCUT2D eigenvalue weighted by Crippen LogP contribution is 2.34. The zero-order chi connectivity index (χ0) is 16.2. The monoisotopic (exact) mass is 313 g/mol. The van der Waals surface area contributed by atoms with Crippen molar-refractivity contribution < 1.29 is 0 Å². The average molecular weight is 313 g/mol. The number of rotatable bonds is 3. The third-order valence-electron chi connectivity index (χ3n) is 5.13. The molecule has 120 valence electrons. The van der Waals surface area contributed by atoms with E-state index in [1.54, 1.807) is 0 Å². The van der Waals surface area contributed by atoms with E-state index >= 15 is 0 Å². The fourth-order valence-electron chi connectivity index (χ4n) is 3.78. The Morgan fingerprint density at radius 3 is 2.25 bits per heavy atom. The van der Waals surface area contributed by atoms with Gasteiger partial charge in [0.2, 0.25) is 0 Å². The largest absolute Gasteiger partial charge is 0.256 e. The molecule has 0 saturated heterocycles. The molecule has 0 bridgehead atoms. The Kier molecular flexibility index (Phi) is 4.42. The van der Waals surface area contributed by atoms with Crippen LogP contribution in [0, 0.1) is 0 Å². The normalized spacial score (nSPS) is 15.3. The molecule has 1 saturated carbocycles. The van der Waals surface area contributed by atoms with Crippen LogP contribution in [0.25, 0.3) is 22.4 Å². The summed E-state index contributed by atoms with van der Waals surface area (Å²) in [7, 11) is 0. The molecule has 1 aliphatic carbocycles. The van der Waals surface area contributed by atoms with Gasteiger partial charge in [0.25, 0.3) is 0 Å². The highest BCUT2D eigenvalue weighted by atomic mass is 14.7. The summed E-state index contributed by atoms with van der Waals surface area (Å²) in [4.78, 5) is 4.55. The van der Waals surface area contributed by atoms with Gasteiger partial charge in [-0.05, 0) is 47.6 Å². The first-order chi connectivity index (χ1) is 11.9. The molecule has 1 heteroatoms. The maximum absolute atomic E-state index is 4.55. The molecule has 3 aromatic rings. The van der Waals surface area contributed by atoms with Crippen LogP contribution in [0.15, 0.2) is 72.9 Å². The van der Waals surface area contributed by atoms with Gasteiger partial charge in [-0.15, -0.1) is 0 Å². The summed E-state index contributed by atoms with van der Waals surface area (Å²) in [6.45, 7) is 0. The van der Waals surface area contributed by atoms with Crippen molar-refractivity contribution in [3.63, 3.8) is 0 Å². The summed E-state index contributed by atoms with van der Waals surface area (Å²) < 4.78 is 0. The first-order valence-corrected chi connectivity index (χ1v) is 9.02. The van der Waals surface area contributed by atoms with E-state index in [0.29, 0.717) is 0 Å². The molecule has 0 unspecified atom stereocenters. The van der Waals surface area contributed by atoms with Crippen molar-refractivity contribution in [2.45, 2.75) is 38.0 Å². The van der Waals surface area contributed by atoms with Gasteiger partial charge in [-0.3, -0.25) is 4.98 Å². The molecule has 1 nitrogen and oxygen atoms in total.